The number of fused-ring (bicyclic) bond motifs is 1. The Morgan fingerprint density at radius 2 is 1.16 bits per heavy atom. The molecule has 0 aliphatic rings. The maximum Gasteiger partial charge on any atom is 0.408 e. The lowest BCUT2D eigenvalue weighted by atomic mass is 9.93. The van der Waals surface area contributed by atoms with Crippen molar-refractivity contribution in [2.45, 2.75) is 77.5 Å². The molecule has 0 aliphatic carbocycles. The molecule has 0 fully saturated rings. The maximum absolute atomic E-state index is 14.6. The molecule has 1 aromatic heterocycles. The van der Waals surface area contributed by atoms with Gasteiger partial charge in [-0.05, 0) is 64.8 Å². The molecule has 0 radical (unpaired) electrons. The molecule has 322 valence electrons. The number of benzene rings is 5. The van der Waals surface area contributed by atoms with Crippen molar-refractivity contribution < 1.29 is 29.0 Å². The second kappa shape index (κ2) is 21.5. The number of aliphatic hydroxyl groups is 1. The van der Waals surface area contributed by atoms with E-state index in [2.05, 4.69) is 36.6 Å². The van der Waals surface area contributed by atoms with E-state index in [0.717, 1.165) is 33.3 Å². The Morgan fingerprint density at radius 3 is 1.79 bits per heavy atom. The lowest BCUT2D eigenvalue weighted by molar-refractivity contribution is -0.132. The summed E-state index contributed by atoms with van der Waals surface area (Å²) in [6, 6.07) is 38.7. The number of aromatic amines is 1. The van der Waals surface area contributed by atoms with Crippen molar-refractivity contribution in [2.75, 3.05) is 5.32 Å². The van der Waals surface area contributed by atoms with Gasteiger partial charge in [-0.1, -0.05) is 143 Å². The number of carbonyl (C=O) groups is 4. The minimum Gasteiger partial charge on any atom is -0.445 e. The van der Waals surface area contributed by atoms with Crippen molar-refractivity contribution in [2.24, 2.45) is 11.8 Å². The van der Waals surface area contributed by atoms with Gasteiger partial charge in [-0.25, -0.2) is 9.78 Å². The minimum atomic E-state index is -1.56. The summed E-state index contributed by atoms with van der Waals surface area (Å²) in [5.41, 5.74) is 5.64. The first-order valence-corrected chi connectivity index (χ1v) is 20.9. The van der Waals surface area contributed by atoms with E-state index in [9.17, 15) is 24.3 Å². The van der Waals surface area contributed by atoms with Crippen molar-refractivity contribution >= 4 is 40.5 Å². The number of amides is 4. The van der Waals surface area contributed by atoms with Crippen LogP contribution in [0.5, 0.6) is 0 Å². The number of anilines is 1. The van der Waals surface area contributed by atoms with Gasteiger partial charge in [0.25, 0.3) is 0 Å². The average molecular weight is 838 g/mol. The number of aliphatic hydroxyl groups excluding tert-OH is 1. The van der Waals surface area contributed by atoms with Gasteiger partial charge < -0.3 is 41.4 Å². The summed E-state index contributed by atoms with van der Waals surface area (Å²) in [6.07, 6.45) is -2.21. The zero-order chi connectivity index (χ0) is 44.0. The molecule has 0 bridgehead atoms. The summed E-state index contributed by atoms with van der Waals surface area (Å²) >= 11 is 0. The summed E-state index contributed by atoms with van der Waals surface area (Å²) in [4.78, 5) is 63.2. The number of nitrogens with zero attached hydrogens (tertiary/aromatic N) is 1. The molecule has 1 heterocycles. The standard InChI is InChI=1S/C49H55N7O6/c1-31(2)42(46(58)50-29-41-52-38-22-14-15-23-39(38)53-41)55-48(60)44(51-37-26-24-36(25-27-37)35-20-12-7-13-21-35)45(57)40(28-33-16-8-5-9-17-33)54-47(59)43(32(3)4)56-49(61)62-30-34-18-10-6-11-19-34/h5-27,31-32,40,42-45,51,57H,28-30H2,1-4H3,(H,50,58)(H,52,53)(H,54,59)(H,55,60)(H,56,61)/t40-,42-,43-,44+,45+/m0/s1. The van der Waals surface area contributed by atoms with Gasteiger partial charge in [-0.3, -0.25) is 14.4 Å². The van der Waals surface area contributed by atoms with Crippen LogP contribution in [0.15, 0.2) is 140 Å². The first-order valence-electron chi connectivity index (χ1n) is 20.9. The van der Waals surface area contributed by atoms with Crippen molar-refractivity contribution in [3.05, 3.63) is 156 Å². The summed E-state index contributed by atoms with van der Waals surface area (Å²) in [5.74, 6) is -1.85. The first-order chi connectivity index (χ1) is 29.9. The van der Waals surface area contributed by atoms with Crippen LogP contribution >= 0.6 is 0 Å². The SMILES string of the molecule is CC(C)[C@H](NC(=O)OCc1ccccc1)C(=O)N[C@@H](Cc1ccccc1)[C@@H](O)[C@@H](Nc1ccc(-c2ccccc2)cc1)C(=O)N[C@H](C(=O)NCc1nc2ccccc2[nH]1)C(C)C. The zero-order valence-corrected chi connectivity index (χ0v) is 35.4. The Labute approximate surface area is 362 Å². The number of H-pyrrole nitrogens is 1. The number of aromatic nitrogens is 2. The molecule has 0 saturated carbocycles. The van der Waals surface area contributed by atoms with Crippen LogP contribution in [0, 0.1) is 11.8 Å². The third-order valence-electron chi connectivity index (χ3n) is 10.5. The maximum atomic E-state index is 14.6. The van der Waals surface area contributed by atoms with Gasteiger partial charge in [0.2, 0.25) is 17.7 Å². The van der Waals surface area contributed by atoms with Crippen molar-refractivity contribution in [3.8, 4) is 11.1 Å². The Kier molecular flexibility index (Phi) is 15.5. The highest BCUT2D eigenvalue weighted by molar-refractivity contribution is 5.92. The number of para-hydroxylation sites is 2. The number of alkyl carbamates (subject to hydrolysis) is 1. The van der Waals surface area contributed by atoms with Crippen LogP contribution < -0.4 is 26.6 Å². The summed E-state index contributed by atoms with van der Waals surface area (Å²) in [6.45, 7) is 7.31. The zero-order valence-electron chi connectivity index (χ0n) is 35.4. The number of hydrogen-bond acceptors (Lipinski definition) is 8. The second-order valence-corrected chi connectivity index (χ2v) is 15.9. The fourth-order valence-corrected chi connectivity index (χ4v) is 7.08. The molecule has 13 nitrogen and oxygen atoms in total. The number of carbonyl (C=O) groups excluding carboxylic acids is 4. The van der Waals surface area contributed by atoms with E-state index < -0.39 is 54.1 Å². The Bertz CT molecular complexity index is 2340. The monoisotopic (exact) mass is 837 g/mol. The molecule has 0 unspecified atom stereocenters. The first kappa shape index (κ1) is 44.6. The molecule has 5 aromatic carbocycles. The minimum absolute atomic E-state index is 0.0124. The third kappa shape index (κ3) is 12.3. The van der Waals surface area contributed by atoms with Gasteiger partial charge in [0.1, 0.15) is 36.7 Å². The van der Waals surface area contributed by atoms with Crippen molar-refractivity contribution in [1.82, 2.24) is 31.2 Å². The summed E-state index contributed by atoms with van der Waals surface area (Å²) < 4.78 is 5.43. The second-order valence-electron chi connectivity index (χ2n) is 15.9. The van der Waals surface area contributed by atoms with Crippen LogP contribution in [-0.4, -0.2) is 69.2 Å². The fraction of sp³-hybridized carbons (Fsp3) is 0.286. The number of nitrogens with one attached hydrogen (secondary N) is 6. The molecule has 62 heavy (non-hydrogen) atoms. The molecule has 13 heteroatoms. The Morgan fingerprint density at radius 1 is 0.613 bits per heavy atom. The van der Waals surface area contributed by atoms with Gasteiger partial charge in [-0.15, -0.1) is 0 Å². The van der Waals surface area contributed by atoms with Gasteiger partial charge in [-0.2, -0.15) is 0 Å². The summed E-state index contributed by atoms with van der Waals surface area (Å²) in [7, 11) is 0. The molecule has 0 saturated heterocycles. The molecule has 6 aromatic rings. The Hall–Kier alpha value is -6.99. The van der Waals surface area contributed by atoms with Crippen LogP contribution in [0.25, 0.3) is 22.2 Å². The largest absolute Gasteiger partial charge is 0.445 e. The number of imidazole rings is 1. The van der Waals surface area contributed by atoms with Crippen LogP contribution in [0.4, 0.5) is 10.5 Å². The van der Waals surface area contributed by atoms with Crippen LogP contribution in [-0.2, 0) is 38.7 Å². The topological polar surface area (TPSA) is 187 Å². The molecular formula is C49H55N7O6. The highest BCUT2D eigenvalue weighted by atomic mass is 16.5. The van der Waals surface area contributed by atoms with E-state index in [4.69, 9.17) is 4.74 Å². The molecule has 5 atom stereocenters. The third-order valence-corrected chi connectivity index (χ3v) is 10.5. The number of hydrogen-bond donors (Lipinski definition) is 7. The van der Waals surface area contributed by atoms with E-state index in [0.29, 0.717) is 11.5 Å². The molecule has 0 aliphatic heterocycles. The average Bonchev–Trinajstić information content (AvgIpc) is 3.71. The van der Waals surface area contributed by atoms with E-state index in [1.807, 2.05) is 141 Å². The van der Waals surface area contributed by atoms with E-state index in [1.54, 1.807) is 26.0 Å². The normalized spacial score (nSPS) is 13.7. The van der Waals surface area contributed by atoms with E-state index in [1.165, 1.54) is 0 Å². The quantitative estimate of drug-likeness (QED) is 0.0482. The van der Waals surface area contributed by atoms with Gasteiger partial charge in [0, 0.05) is 5.69 Å². The highest BCUT2D eigenvalue weighted by Gasteiger charge is 2.38. The molecule has 6 rings (SSSR count). The molecule has 0 spiro atoms. The molecule has 7 N–H and O–H groups in total. The lowest BCUT2D eigenvalue weighted by Crippen LogP contribution is -2.62. The van der Waals surface area contributed by atoms with Crippen LogP contribution in [0.3, 0.4) is 0 Å². The number of rotatable bonds is 19. The lowest BCUT2D eigenvalue weighted by Gasteiger charge is -2.34. The van der Waals surface area contributed by atoms with Crippen LogP contribution in [0.2, 0.25) is 0 Å². The predicted molar refractivity (Wildman–Crippen MR) is 240 cm³/mol. The van der Waals surface area contributed by atoms with E-state index >= 15 is 0 Å². The van der Waals surface area contributed by atoms with Gasteiger partial charge in [0.05, 0.1) is 23.6 Å². The molecular weight excluding hydrogens is 783 g/mol. The van der Waals surface area contributed by atoms with Crippen LogP contribution in [0.1, 0.15) is 44.6 Å². The molecule has 4 amide bonds. The summed E-state index contributed by atoms with van der Waals surface area (Å²) in [5, 5.41) is 27.1. The van der Waals surface area contributed by atoms with Crippen molar-refractivity contribution in [3.63, 3.8) is 0 Å². The fourth-order valence-electron chi connectivity index (χ4n) is 7.08. The number of ether oxygens (including phenoxy) is 1. The van der Waals surface area contributed by atoms with Gasteiger partial charge >= 0.3 is 6.09 Å². The predicted octanol–water partition coefficient (Wildman–Crippen LogP) is 6.51. The smallest absolute Gasteiger partial charge is 0.408 e. The van der Waals surface area contributed by atoms with Crippen molar-refractivity contribution in [1.29, 1.82) is 0 Å². The Balaban J connectivity index is 1.25. The van der Waals surface area contributed by atoms with Gasteiger partial charge in [0.15, 0.2) is 0 Å². The van der Waals surface area contributed by atoms with E-state index in [-0.39, 0.29) is 31.4 Å². The highest BCUT2D eigenvalue weighted by Crippen LogP contribution is 2.23.